The minimum absolute atomic E-state index is 0.139. The molecular formula is C26H16BrFN4O4. The van der Waals surface area contributed by atoms with Gasteiger partial charge in [-0.15, -0.1) is 0 Å². The van der Waals surface area contributed by atoms with E-state index in [0.717, 1.165) is 9.15 Å². The SMILES string of the molecule is O=C(Cn1nc(-c2ccc(F)cc2)c2ccccc2c1=O)N/N=C/c1coc2ccc(Br)cc2c1=O. The van der Waals surface area contributed by atoms with Crippen molar-refractivity contribution in [2.45, 2.75) is 6.54 Å². The third-order valence-electron chi connectivity index (χ3n) is 5.43. The van der Waals surface area contributed by atoms with Crippen LogP contribution in [0.25, 0.3) is 33.0 Å². The Hall–Kier alpha value is -4.44. The number of hydrogen-bond donors (Lipinski definition) is 1. The van der Waals surface area contributed by atoms with Crippen LogP contribution in [0, 0.1) is 5.82 Å². The quantitative estimate of drug-likeness (QED) is 0.262. The smallest absolute Gasteiger partial charge is 0.275 e. The normalized spacial score (nSPS) is 11.4. The van der Waals surface area contributed by atoms with Crippen molar-refractivity contribution >= 4 is 49.8 Å². The number of carbonyl (C=O) groups excluding carboxylic acids is 1. The Morgan fingerprint density at radius 3 is 2.58 bits per heavy atom. The highest BCUT2D eigenvalue weighted by Gasteiger charge is 2.14. The molecule has 0 bridgehead atoms. The molecule has 2 aromatic heterocycles. The summed E-state index contributed by atoms with van der Waals surface area (Å²) in [5.74, 6) is -1.03. The van der Waals surface area contributed by atoms with Gasteiger partial charge in [-0.05, 0) is 48.5 Å². The topological polar surface area (TPSA) is 107 Å². The molecule has 0 saturated heterocycles. The van der Waals surface area contributed by atoms with Crippen LogP contribution >= 0.6 is 15.9 Å². The summed E-state index contributed by atoms with van der Waals surface area (Å²) in [6.45, 7) is -0.422. The summed E-state index contributed by atoms with van der Waals surface area (Å²) in [6.07, 6.45) is 2.42. The number of hydrogen-bond acceptors (Lipinski definition) is 6. The fraction of sp³-hybridized carbons (Fsp3) is 0.0385. The Morgan fingerprint density at radius 2 is 1.81 bits per heavy atom. The summed E-state index contributed by atoms with van der Waals surface area (Å²) in [4.78, 5) is 38.1. The van der Waals surface area contributed by atoms with Gasteiger partial charge in [-0.2, -0.15) is 10.2 Å². The summed E-state index contributed by atoms with van der Waals surface area (Å²) in [5.41, 5.74) is 3.11. The summed E-state index contributed by atoms with van der Waals surface area (Å²) in [5, 5.41) is 9.50. The lowest BCUT2D eigenvalue weighted by molar-refractivity contribution is -0.121. The maximum absolute atomic E-state index is 13.4. The number of nitrogens with zero attached hydrogens (tertiary/aromatic N) is 3. The molecule has 0 fully saturated rings. The zero-order chi connectivity index (χ0) is 25.2. The first-order chi connectivity index (χ1) is 17.4. The van der Waals surface area contributed by atoms with E-state index < -0.39 is 23.8 Å². The summed E-state index contributed by atoms with van der Waals surface area (Å²) in [7, 11) is 0. The molecule has 0 spiro atoms. The van der Waals surface area contributed by atoms with Crippen LogP contribution in [-0.4, -0.2) is 21.9 Å². The van der Waals surface area contributed by atoms with Crippen LogP contribution in [0.2, 0.25) is 0 Å². The van der Waals surface area contributed by atoms with Crippen LogP contribution in [0.1, 0.15) is 5.56 Å². The summed E-state index contributed by atoms with van der Waals surface area (Å²) in [6, 6.07) is 17.6. The Kier molecular flexibility index (Phi) is 6.26. The van der Waals surface area contributed by atoms with Gasteiger partial charge in [-0.1, -0.05) is 34.1 Å². The molecule has 2 heterocycles. The number of benzene rings is 3. The molecule has 0 radical (unpaired) electrons. The van der Waals surface area contributed by atoms with E-state index in [2.05, 4.69) is 31.6 Å². The minimum Gasteiger partial charge on any atom is -0.463 e. The van der Waals surface area contributed by atoms with Crippen molar-refractivity contribution in [2.75, 3.05) is 0 Å². The van der Waals surface area contributed by atoms with E-state index in [0.29, 0.717) is 33.0 Å². The lowest BCUT2D eigenvalue weighted by Crippen LogP contribution is -2.32. The average molecular weight is 547 g/mol. The molecule has 1 N–H and O–H groups in total. The van der Waals surface area contributed by atoms with Crippen LogP contribution in [0.3, 0.4) is 0 Å². The fourth-order valence-electron chi connectivity index (χ4n) is 3.72. The second-order valence-electron chi connectivity index (χ2n) is 7.82. The van der Waals surface area contributed by atoms with Crippen LogP contribution in [0.15, 0.2) is 96.6 Å². The lowest BCUT2D eigenvalue weighted by atomic mass is 10.1. The molecule has 0 unspecified atom stereocenters. The van der Waals surface area contributed by atoms with Gasteiger partial charge in [0.2, 0.25) is 5.43 Å². The summed E-state index contributed by atoms with van der Waals surface area (Å²) < 4.78 is 20.6. The van der Waals surface area contributed by atoms with Gasteiger partial charge in [-0.3, -0.25) is 14.4 Å². The lowest BCUT2D eigenvalue weighted by Gasteiger charge is -2.10. The molecule has 1 amide bonds. The third-order valence-corrected chi connectivity index (χ3v) is 5.93. The second-order valence-corrected chi connectivity index (χ2v) is 8.73. The molecular weight excluding hydrogens is 531 g/mol. The highest BCUT2D eigenvalue weighted by Crippen LogP contribution is 2.24. The molecule has 36 heavy (non-hydrogen) atoms. The maximum atomic E-state index is 13.4. The number of nitrogens with one attached hydrogen (secondary N) is 1. The number of aromatic nitrogens is 2. The minimum atomic E-state index is -0.630. The zero-order valence-electron chi connectivity index (χ0n) is 18.4. The van der Waals surface area contributed by atoms with Gasteiger partial charge in [-0.25, -0.2) is 14.5 Å². The first kappa shape index (κ1) is 23.3. The first-order valence-corrected chi connectivity index (χ1v) is 11.5. The van der Waals surface area contributed by atoms with Crippen molar-refractivity contribution in [2.24, 2.45) is 5.10 Å². The molecule has 10 heteroatoms. The van der Waals surface area contributed by atoms with Gasteiger partial charge in [0, 0.05) is 15.4 Å². The molecule has 8 nitrogen and oxygen atoms in total. The van der Waals surface area contributed by atoms with Crippen LogP contribution in [0.5, 0.6) is 0 Å². The molecule has 0 atom stereocenters. The Balaban J connectivity index is 1.41. The van der Waals surface area contributed by atoms with Crippen LogP contribution < -0.4 is 16.4 Å². The molecule has 0 aliphatic heterocycles. The van der Waals surface area contributed by atoms with Crippen molar-refractivity contribution in [1.82, 2.24) is 15.2 Å². The van der Waals surface area contributed by atoms with Crippen molar-refractivity contribution in [3.8, 4) is 11.3 Å². The van der Waals surface area contributed by atoms with Gasteiger partial charge < -0.3 is 4.42 Å². The molecule has 0 aliphatic carbocycles. The molecule has 5 aromatic rings. The number of hydrazone groups is 1. The number of rotatable bonds is 5. The number of halogens is 2. The van der Waals surface area contributed by atoms with Crippen molar-refractivity contribution in [3.05, 3.63) is 109 Å². The standard InChI is InChI=1S/C26H16BrFN4O4/c27-17-7-10-22-21(11-17)25(34)16(14-36-22)12-29-30-23(33)13-32-26(35)20-4-2-1-3-19(20)24(31-32)15-5-8-18(28)9-6-15/h1-12,14H,13H2,(H,30,33)/b29-12+. The predicted molar refractivity (Wildman–Crippen MR) is 137 cm³/mol. The highest BCUT2D eigenvalue weighted by atomic mass is 79.9. The van der Waals surface area contributed by atoms with E-state index in [4.69, 9.17) is 4.42 Å². The molecule has 0 saturated carbocycles. The maximum Gasteiger partial charge on any atom is 0.275 e. The van der Waals surface area contributed by atoms with Crippen molar-refractivity contribution in [3.63, 3.8) is 0 Å². The molecule has 3 aromatic carbocycles. The summed E-state index contributed by atoms with van der Waals surface area (Å²) >= 11 is 3.32. The van der Waals surface area contributed by atoms with E-state index >= 15 is 0 Å². The molecule has 5 rings (SSSR count). The van der Waals surface area contributed by atoms with E-state index in [1.807, 2.05) is 0 Å². The highest BCUT2D eigenvalue weighted by molar-refractivity contribution is 9.10. The van der Waals surface area contributed by atoms with E-state index in [1.165, 1.54) is 24.6 Å². The van der Waals surface area contributed by atoms with Gasteiger partial charge in [0.25, 0.3) is 11.5 Å². The van der Waals surface area contributed by atoms with E-state index in [-0.39, 0.29) is 11.0 Å². The average Bonchev–Trinajstić information content (AvgIpc) is 2.88. The van der Waals surface area contributed by atoms with Crippen LogP contribution in [-0.2, 0) is 11.3 Å². The Bertz CT molecular complexity index is 1780. The van der Waals surface area contributed by atoms with Crippen molar-refractivity contribution in [1.29, 1.82) is 0 Å². The number of fused-ring (bicyclic) bond motifs is 2. The van der Waals surface area contributed by atoms with Crippen molar-refractivity contribution < 1.29 is 13.6 Å². The Labute approximate surface area is 210 Å². The first-order valence-electron chi connectivity index (χ1n) is 10.7. The number of amides is 1. The van der Waals surface area contributed by atoms with Gasteiger partial charge >= 0.3 is 0 Å². The molecule has 178 valence electrons. The number of carbonyl (C=O) groups is 1. The van der Waals surface area contributed by atoms with Gasteiger partial charge in [0.1, 0.15) is 24.2 Å². The monoisotopic (exact) mass is 546 g/mol. The zero-order valence-corrected chi connectivity index (χ0v) is 20.0. The van der Waals surface area contributed by atoms with E-state index in [9.17, 15) is 18.8 Å². The Morgan fingerprint density at radius 1 is 1.06 bits per heavy atom. The predicted octanol–water partition coefficient (Wildman–Crippen LogP) is 4.22. The largest absolute Gasteiger partial charge is 0.463 e. The van der Waals surface area contributed by atoms with Crippen LogP contribution in [0.4, 0.5) is 4.39 Å². The van der Waals surface area contributed by atoms with E-state index in [1.54, 1.807) is 54.6 Å². The second kappa shape index (κ2) is 9.67. The third kappa shape index (κ3) is 4.58. The fourth-order valence-corrected chi connectivity index (χ4v) is 4.08. The molecule has 0 aliphatic rings. The van der Waals surface area contributed by atoms with Gasteiger partial charge in [0.05, 0.1) is 28.2 Å². The van der Waals surface area contributed by atoms with Gasteiger partial charge in [0.15, 0.2) is 0 Å².